The highest BCUT2D eigenvalue weighted by Crippen LogP contribution is 2.53. The Kier molecular flexibility index (Phi) is 5.29. The molecule has 0 aliphatic rings. The molecule has 0 N–H and O–H groups in total. The van der Waals surface area contributed by atoms with E-state index in [2.05, 4.69) is 27.7 Å². The van der Waals surface area contributed by atoms with Crippen molar-refractivity contribution in [2.75, 3.05) is 0 Å². The molecule has 0 bridgehead atoms. The van der Waals surface area contributed by atoms with Crippen molar-refractivity contribution >= 4 is 31.1 Å². The number of hydrogen-bond donors (Lipinski definition) is 0. The predicted molar refractivity (Wildman–Crippen MR) is 52.7 cm³/mol. The summed E-state index contributed by atoms with van der Waals surface area (Å²) < 4.78 is -0.157. The Hall–Kier alpha value is 1.01. The number of halogens is 2. The summed E-state index contributed by atoms with van der Waals surface area (Å²) in [7, 11) is -0.207. The van der Waals surface area contributed by atoms with Gasteiger partial charge in [0.15, 0.2) is 0 Å². The standard InChI is InChI=1S/C7H15Cl2P/c1-5(2)10(6(3)4)7(8)9/h5-7H,1-4H3. The van der Waals surface area contributed by atoms with Crippen LogP contribution in [0.5, 0.6) is 0 Å². The van der Waals surface area contributed by atoms with E-state index >= 15 is 0 Å². The summed E-state index contributed by atoms with van der Waals surface area (Å²) in [6.45, 7) is 8.74. The molecule has 0 aliphatic heterocycles. The fourth-order valence-corrected chi connectivity index (χ4v) is 5.85. The molecule has 0 rings (SSSR count). The van der Waals surface area contributed by atoms with Crippen molar-refractivity contribution < 1.29 is 0 Å². The molecule has 62 valence electrons. The van der Waals surface area contributed by atoms with E-state index in [-0.39, 0.29) is 12.5 Å². The van der Waals surface area contributed by atoms with Crippen LogP contribution in [0, 0.1) is 0 Å². The summed E-state index contributed by atoms with van der Waals surface area (Å²) in [4.78, 5) is 0. The molecule has 0 nitrogen and oxygen atoms in total. The molecule has 0 aromatic carbocycles. The lowest BCUT2D eigenvalue weighted by Gasteiger charge is -2.26. The molecule has 0 saturated heterocycles. The van der Waals surface area contributed by atoms with Gasteiger partial charge in [-0.05, 0) is 11.3 Å². The van der Waals surface area contributed by atoms with Gasteiger partial charge in [-0.15, -0.1) is 23.2 Å². The van der Waals surface area contributed by atoms with Crippen molar-refractivity contribution in [2.45, 2.75) is 43.6 Å². The van der Waals surface area contributed by atoms with Crippen LogP contribution in [0.1, 0.15) is 27.7 Å². The Labute approximate surface area is 75.0 Å². The Bertz CT molecular complexity index is 72.6. The molecule has 0 aromatic heterocycles. The van der Waals surface area contributed by atoms with Gasteiger partial charge in [0, 0.05) is 0 Å². The van der Waals surface area contributed by atoms with Gasteiger partial charge < -0.3 is 0 Å². The van der Waals surface area contributed by atoms with Gasteiger partial charge in [0.05, 0.1) is 0 Å². The first kappa shape index (κ1) is 11.0. The summed E-state index contributed by atoms with van der Waals surface area (Å²) in [5.74, 6) is 0. The van der Waals surface area contributed by atoms with Crippen molar-refractivity contribution in [2.24, 2.45) is 0 Å². The summed E-state index contributed by atoms with van der Waals surface area (Å²) >= 11 is 11.7. The molecule has 0 aromatic rings. The molecule has 0 heterocycles. The minimum atomic E-state index is -0.207. The molecule has 0 radical (unpaired) electrons. The maximum absolute atomic E-state index is 5.83. The second-order valence-electron chi connectivity index (χ2n) is 2.91. The average molecular weight is 201 g/mol. The predicted octanol–water partition coefficient (Wildman–Crippen LogP) is 4.05. The average Bonchev–Trinajstić information content (AvgIpc) is 1.59. The summed E-state index contributed by atoms with van der Waals surface area (Å²) in [6.07, 6.45) is 0. The van der Waals surface area contributed by atoms with Gasteiger partial charge >= 0.3 is 0 Å². The molecule has 10 heavy (non-hydrogen) atoms. The SMILES string of the molecule is CC(C)P(C(C)C)C(Cl)Cl. The van der Waals surface area contributed by atoms with Gasteiger partial charge in [-0.2, -0.15) is 0 Å². The van der Waals surface area contributed by atoms with Crippen LogP contribution < -0.4 is 0 Å². The molecular formula is C7H15Cl2P. The van der Waals surface area contributed by atoms with Crippen LogP contribution in [0.15, 0.2) is 0 Å². The van der Waals surface area contributed by atoms with Crippen LogP contribution in [0.2, 0.25) is 0 Å². The van der Waals surface area contributed by atoms with Crippen LogP contribution in [0.25, 0.3) is 0 Å². The third kappa shape index (κ3) is 3.42. The minimum absolute atomic E-state index is 0.157. The fraction of sp³-hybridized carbons (Fsp3) is 1.00. The highest BCUT2D eigenvalue weighted by Gasteiger charge is 2.22. The van der Waals surface area contributed by atoms with E-state index in [1.54, 1.807) is 0 Å². The molecule has 0 unspecified atom stereocenters. The largest absolute Gasteiger partial charge is 0.127 e. The van der Waals surface area contributed by atoms with Crippen molar-refractivity contribution in [3.05, 3.63) is 0 Å². The zero-order valence-corrected chi connectivity index (χ0v) is 9.34. The van der Waals surface area contributed by atoms with Gasteiger partial charge in [0.25, 0.3) is 0 Å². The van der Waals surface area contributed by atoms with Gasteiger partial charge in [-0.1, -0.05) is 35.6 Å². The summed E-state index contributed by atoms with van der Waals surface area (Å²) in [5, 5.41) is 0. The lowest BCUT2D eigenvalue weighted by atomic mass is 10.5. The Morgan fingerprint density at radius 1 is 0.900 bits per heavy atom. The molecule has 0 amide bonds. The first-order valence-corrected chi connectivity index (χ1v) is 5.94. The van der Waals surface area contributed by atoms with Gasteiger partial charge in [-0.3, -0.25) is 0 Å². The molecule has 0 fully saturated rings. The second-order valence-corrected chi connectivity index (χ2v) is 8.09. The van der Waals surface area contributed by atoms with E-state index in [4.69, 9.17) is 23.2 Å². The molecule has 0 aliphatic carbocycles. The van der Waals surface area contributed by atoms with E-state index in [1.807, 2.05) is 0 Å². The number of hydrogen-bond acceptors (Lipinski definition) is 0. The summed E-state index contributed by atoms with van der Waals surface area (Å²) in [6, 6.07) is 0. The third-order valence-electron chi connectivity index (χ3n) is 1.42. The van der Waals surface area contributed by atoms with Crippen molar-refractivity contribution in [1.82, 2.24) is 0 Å². The zero-order valence-electron chi connectivity index (χ0n) is 6.94. The second kappa shape index (κ2) is 4.80. The van der Waals surface area contributed by atoms with Crippen LogP contribution in [0.4, 0.5) is 0 Å². The lowest BCUT2D eigenvalue weighted by molar-refractivity contribution is 1.01. The highest BCUT2D eigenvalue weighted by atomic mass is 35.5. The maximum Gasteiger partial charge on any atom is 0.127 e. The monoisotopic (exact) mass is 200 g/mol. The normalized spacial score (nSPS) is 12.6. The van der Waals surface area contributed by atoms with E-state index in [9.17, 15) is 0 Å². The molecule has 0 saturated carbocycles. The van der Waals surface area contributed by atoms with Gasteiger partial charge in [0.1, 0.15) is 4.58 Å². The van der Waals surface area contributed by atoms with Gasteiger partial charge in [-0.25, -0.2) is 0 Å². The Morgan fingerprint density at radius 3 is 1.20 bits per heavy atom. The maximum atomic E-state index is 5.83. The number of rotatable bonds is 3. The summed E-state index contributed by atoms with van der Waals surface area (Å²) in [5.41, 5.74) is 1.27. The molecular weight excluding hydrogens is 186 g/mol. The minimum Gasteiger partial charge on any atom is -0.100 e. The van der Waals surface area contributed by atoms with E-state index < -0.39 is 0 Å². The highest BCUT2D eigenvalue weighted by molar-refractivity contribution is 7.63. The number of alkyl halides is 2. The van der Waals surface area contributed by atoms with Crippen LogP contribution in [-0.2, 0) is 0 Å². The fourth-order valence-electron chi connectivity index (χ4n) is 1.05. The Morgan fingerprint density at radius 2 is 1.20 bits per heavy atom. The van der Waals surface area contributed by atoms with E-state index in [0.29, 0.717) is 11.3 Å². The first-order chi connectivity index (χ1) is 4.46. The van der Waals surface area contributed by atoms with Crippen molar-refractivity contribution in [3.8, 4) is 0 Å². The quantitative estimate of drug-likeness (QED) is 0.477. The van der Waals surface area contributed by atoms with Crippen molar-refractivity contribution in [3.63, 3.8) is 0 Å². The van der Waals surface area contributed by atoms with Crippen LogP contribution in [-0.4, -0.2) is 15.9 Å². The van der Waals surface area contributed by atoms with Gasteiger partial charge in [0.2, 0.25) is 0 Å². The smallest absolute Gasteiger partial charge is 0.100 e. The Balaban J connectivity index is 3.98. The third-order valence-corrected chi connectivity index (χ3v) is 5.61. The topological polar surface area (TPSA) is 0 Å². The lowest BCUT2D eigenvalue weighted by Crippen LogP contribution is -2.07. The van der Waals surface area contributed by atoms with E-state index in [0.717, 1.165) is 0 Å². The van der Waals surface area contributed by atoms with Crippen LogP contribution >= 0.6 is 31.1 Å². The van der Waals surface area contributed by atoms with Crippen molar-refractivity contribution in [1.29, 1.82) is 0 Å². The first-order valence-electron chi connectivity index (χ1n) is 3.52. The zero-order chi connectivity index (χ0) is 8.31. The van der Waals surface area contributed by atoms with Crippen LogP contribution in [0.3, 0.4) is 0 Å². The molecule has 0 atom stereocenters. The molecule has 3 heteroatoms. The van der Waals surface area contributed by atoms with E-state index in [1.165, 1.54) is 0 Å². The molecule has 0 spiro atoms.